The van der Waals surface area contributed by atoms with Gasteiger partial charge in [0.15, 0.2) is 0 Å². The molecule has 0 bridgehead atoms. The van der Waals surface area contributed by atoms with Gasteiger partial charge in [-0.25, -0.2) is 12.2 Å². The van der Waals surface area contributed by atoms with Crippen LogP contribution in [-0.4, -0.2) is 3.81 Å². The summed E-state index contributed by atoms with van der Waals surface area (Å²) < 4.78 is 1.70. The van der Waals surface area contributed by atoms with Gasteiger partial charge in [-0.15, -0.1) is 12.0 Å². The average molecular weight is 529 g/mol. The summed E-state index contributed by atoms with van der Waals surface area (Å²) in [7, 11) is 0. The van der Waals surface area contributed by atoms with Crippen LogP contribution in [0.5, 0.6) is 0 Å². The van der Waals surface area contributed by atoms with Gasteiger partial charge >= 0.3 is 49.5 Å². The summed E-state index contributed by atoms with van der Waals surface area (Å²) >= 11 is 2.26. The quantitative estimate of drug-likeness (QED) is 0.310. The van der Waals surface area contributed by atoms with Crippen LogP contribution in [0, 0.1) is 12.1 Å². The van der Waals surface area contributed by atoms with Crippen LogP contribution in [0.15, 0.2) is 48.6 Å². The number of benzene rings is 2. The Balaban J connectivity index is 0.000000367. The van der Waals surface area contributed by atoms with E-state index in [1.807, 2.05) is 12.2 Å². The van der Waals surface area contributed by atoms with Crippen LogP contribution in [-0.2, 0) is 37.2 Å². The molecule has 0 N–H and O–H groups in total. The van der Waals surface area contributed by atoms with E-state index in [1.165, 1.54) is 59.1 Å². The molecule has 0 amide bonds. The molecule has 34 heavy (non-hydrogen) atoms. The number of fused-ring (bicyclic) bond motifs is 3. The Labute approximate surface area is 232 Å². The van der Waals surface area contributed by atoms with E-state index < -0.39 is 0 Å². The molecular weight excluding hydrogens is 491 g/mol. The van der Waals surface area contributed by atoms with Gasteiger partial charge < -0.3 is 24.8 Å². The van der Waals surface area contributed by atoms with E-state index in [-0.39, 0.29) is 35.6 Å². The molecule has 0 spiro atoms. The summed E-state index contributed by atoms with van der Waals surface area (Å²) in [5.74, 6) is 0. The molecular formula is C31H38Cl2Ti-2. The molecule has 0 radical (unpaired) electrons. The number of allylic oxidation sites excluding steroid dienone is 4. The van der Waals surface area contributed by atoms with E-state index in [0.29, 0.717) is 0 Å². The minimum atomic E-state index is 0. The molecule has 0 nitrogen and oxygen atoms in total. The average Bonchev–Trinajstić information content (AvgIpc) is 3.49. The summed E-state index contributed by atoms with van der Waals surface area (Å²) in [5.41, 5.74) is 8.76. The molecule has 0 saturated heterocycles. The van der Waals surface area contributed by atoms with Crippen LogP contribution < -0.4 is 24.8 Å². The van der Waals surface area contributed by atoms with Gasteiger partial charge in [-0.1, -0.05) is 76.3 Å². The third-order valence-corrected chi connectivity index (χ3v) is 7.10. The molecule has 3 aliphatic rings. The Bertz CT molecular complexity index is 937. The normalized spacial score (nSPS) is 15.2. The number of hydrogen-bond acceptors (Lipinski definition) is 0. The molecule has 3 aliphatic carbocycles. The van der Waals surface area contributed by atoms with Gasteiger partial charge in [-0.05, 0) is 17.4 Å². The number of rotatable bonds is 0. The molecule has 2 aromatic carbocycles. The first-order chi connectivity index (χ1) is 15.1. The van der Waals surface area contributed by atoms with Gasteiger partial charge in [0.2, 0.25) is 0 Å². The van der Waals surface area contributed by atoms with Gasteiger partial charge in [0, 0.05) is 0 Å². The monoisotopic (exact) mass is 528 g/mol. The Morgan fingerprint density at radius 3 is 1.88 bits per heavy atom. The maximum absolute atomic E-state index is 3.53. The fourth-order valence-electron chi connectivity index (χ4n) is 4.13. The molecule has 0 aliphatic heterocycles. The first kappa shape index (κ1) is 31.1. The SMILES string of the molecule is CC(C)(C)c1c[c-]c2c(c1)-c1cc(C(C)(C)C)ccc1C2.[C-]1=CC=CC1.[Cl-].[Cl-].[Ti+2]=[C]1CCCC1. The zero-order valence-electron chi connectivity index (χ0n) is 21.6. The summed E-state index contributed by atoms with van der Waals surface area (Å²) in [5, 5.41) is 0. The second-order valence-electron chi connectivity index (χ2n) is 11.1. The van der Waals surface area contributed by atoms with Gasteiger partial charge in [0.1, 0.15) is 0 Å². The van der Waals surface area contributed by atoms with E-state index in [0.717, 1.165) is 12.8 Å². The summed E-state index contributed by atoms with van der Waals surface area (Å²) in [6.45, 7) is 13.6. The van der Waals surface area contributed by atoms with Crippen LogP contribution in [0.25, 0.3) is 11.1 Å². The molecule has 0 heterocycles. The molecule has 0 atom stereocenters. The van der Waals surface area contributed by atoms with Crippen LogP contribution in [0.1, 0.15) is 95.9 Å². The zero-order chi connectivity index (χ0) is 23.4. The van der Waals surface area contributed by atoms with Crippen LogP contribution in [0.2, 0.25) is 0 Å². The predicted octanol–water partition coefficient (Wildman–Crippen LogP) is 2.25. The van der Waals surface area contributed by atoms with Crippen molar-refractivity contribution >= 4 is 3.81 Å². The van der Waals surface area contributed by atoms with Gasteiger partial charge in [-0.3, -0.25) is 6.08 Å². The van der Waals surface area contributed by atoms with Crippen molar-refractivity contribution in [3.63, 3.8) is 0 Å². The van der Waals surface area contributed by atoms with E-state index in [9.17, 15) is 0 Å². The van der Waals surface area contributed by atoms with Gasteiger partial charge in [-0.2, -0.15) is 35.4 Å². The molecule has 3 heteroatoms. The second kappa shape index (κ2) is 13.4. The third-order valence-electron chi connectivity index (χ3n) is 6.32. The van der Waals surface area contributed by atoms with Crippen molar-refractivity contribution in [3.05, 3.63) is 83.0 Å². The Morgan fingerprint density at radius 2 is 1.44 bits per heavy atom. The molecule has 5 rings (SSSR count). The number of halogens is 2. The number of hydrogen-bond donors (Lipinski definition) is 0. The van der Waals surface area contributed by atoms with Crippen molar-refractivity contribution < 1.29 is 44.8 Å². The van der Waals surface area contributed by atoms with E-state index in [4.69, 9.17) is 0 Å². The second-order valence-corrected chi connectivity index (χ2v) is 12.2. The van der Waals surface area contributed by atoms with Crippen molar-refractivity contribution in [1.29, 1.82) is 0 Å². The van der Waals surface area contributed by atoms with Crippen molar-refractivity contribution in [3.8, 4) is 11.1 Å². The Morgan fingerprint density at radius 1 is 0.824 bits per heavy atom. The molecule has 182 valence electrons. The van der Waals surface area contributed by atoms with Gasteiger partial charge in [0.05, 0.1) is 0 Å². The summed E-state index contributed by atoms with van der Waals surface area (Å²) in [6, 6.07) is 15.1. The van der Waals surface area contributed by atoms with E-state index >= 15 is 0 Å². The first-order valence-electron chi connectivity index (χ1n) is 12.0. The molecule has 0 unspecified atom stereocenters. The van der Waals surface area contributed by atoms with E-state index in [2.05, 4.69) is 110 Å². The summed E-state index contributed by atoms with van der Waals surface area (Å²) in [6.07, 6.45) is 16.7. The Hall–Kier alpha value is -0.916. The van der Waals surface area contributed by atoms with Crippen molar-refractivity contribution in [1.82, 2.24) is 0 Å². The standard InChI is InChI=1S/C21H25.C5H8.C5H5.2ClH.Ti/c1-20(2,3)16-9-7-14-11-15-8-10-17(21(4,5)6)13-19(15)18(14)12-16;2*1-2-4-5-3-1;;;/h7,9-10,12-13H,11H2,1-6H3;1-4H2;1-3H,4H2;2*1H;/q-1;;-1;;;+2/p-2. The fourth-order valence-corrected chi connectivity index (χ4v) is 4.68. The Kier molecular flexibility index (Phi) is 12.3. The minimum absolute atomic E-state index is 0. The first-order valence-corrected chi connectivity index (χ1v) is 12.8. The predicted molar refractivity (Wildman–Crippen MR) is 136 cm³/mol. The third kappa shape index (κ3) is 8.63. The van der Waals surface area contributed by atoms with Crippen molar-refractivity contribution in [2.45, 2.75) is 90.9 Å². The molecule has 2 aromatic rings. The van der Waals surface area contributed by atoms with Gasteiger partial charge in [0.25, 0.3) is 0 Å². The zero-order valence-corrected chi connectivity index (χ0v) is 24.7. The van der Waals surface area contributed by atoms with Crippen LogP contribution >= 0.6 is 0 Å². The van der Waals surface area contributed by atoms with E-state index in [1.54, 1.807) is 3.81 Å². The van der Waals surface area contributed by atoms with Crippen molar-refractivity contribution in [2.24, 2.45) is 0 Å². The summed E-state index contributed by atoms with van der Waals surface area (Å²) in [4.78, 5) is 0. The maximum atomic E-state index is 3.53. The topological polar surface area (TPSA) is 0 Å². The van der Waals surface area contributed by atoms with Crippen molar-refractivity contribution in [2.75, 3.05) is 0 Å². The fraction of sp³-hybridized carbons (Fsp3) is 0.452. The molecule has 1 fully saturated rings. The van der Waals surface area contributed by atoms with Crippen LogP contribution in [0.3, 0.4) is 0 Å². The molecule has 1 saturated carbocycles. The molecule has 0 aromatic heterocycles. The van der Waals surface area contributed by atoms with Crippen LogP contribution in [0.4, 0.5) is 0 Å².